The zero-order valence-electron chi connectivity index (χ0n) is 20.3. The van der Waals surface area contributed by atoms with Crippen LogP contribution in [0.2, 0.25) is 15.1 Å². The Labute approximate surface area is 227 Å². The summed E-state index contributed by atoms with van der Waals surface area (Å²) in [6, 6.07) is 10.9. The number of halogens is 3. The standard InChI is InChI=1S/C26H32Cl3N5O2/c1-16(21-4-2-19(27)12-23(21)29)32-24-13-20(3-5-22(24)28)33-10-7-18(8-11-33)25(35)34-9-6-17(15-34)14-31-26(30)36/h2-5,12-13,16-18,32H,6-11,14-15H2,1H3,(H3,30,31,36)/t16-,17?/m1/s1. The third kappa shape index (κ3) is 6.50. The van der Waals surface area contributed by atoms with Crippen LogP contribution in [-0.4, -0.2) is 49.6 Å². The molecule has 2 aliphatic heterocycles. The summed E-state index contributed by atoms with van der Waals surface area (Å²) in [5, 5.41) is 7.96. The summed E-state index contributed by atoms with van der Waals surface area (Å²) in [6.45, 7) is 5.58. The summed E-state index contributed by atoms with van der Waals surface area (Å²) in [7, 11) is 0. The molecule has 194 valence electrons. The normalized spacial score (nSPS) is 19.3. The van der Waals surface area contributed by atoms with E-state index in [0.29, 0.717) is 28.2 Å². The van der Waals surface area contributed by atoms with Gasteiger partial charge in [0.25, 0.3) is 0 Å². The number of benzene rings is 2. The number of amides is 3. The van der Waals surface area contributed by atoms with Crippen molar-refractivity contribution in [2.45, 2.75) is 32.2 Å². The third-order valence-electron chi connectivity index (χ3n) is 7.12. The van der Waals surface area contributed by atoms with Crippen LogP contribution in [0.15, 0.2) is 36.4 Å². The summed E-state index contributed by atoms with van der Waals surface area (Å²) >= 11 is 18.9. The van der Waals surface area contributed by atoms with Crippen molar-refractivity contribution in [3.05, 3.63) is 57.0 Å². The molecular formula is C26H32Cl3N5O2. The number of carbonyl (C=O) groups excluding carboxylic acids is 2. The summed E-state index contributed by atoms with van der Waals surface area (Å²) in [4.78, 5) is 28.3. The maximum atomic E-state index is 13.1. The summed E-state index contributed by atoms with van der Waals surface area (Å²) in [5.41, 5.74) is 8.01. The topological polar surface area (TPSA) is 90.7 Å². The van der Waals surface area contributed by atoms with Crippen molar-refractivity contribution >= 4 is 58.1 Å². The highest BCUT2D eigenvalue weighted by atomic mass is 35.5. The molecule has 2 fully saturated rings. The molecule has 1 unspecified atom stereocenters. The molecule has 7 nitrogen and oxygen atoms in total. The number of nitrogens with two attached hydrogens (primary N) is 1. The van der Waals surface area contributed by atoms with E-state index >= 15 is 0 Å². The summed E-state index contributed by atoms with van der Waals surface area (Å²) in [5.74, 6) is 0.524. The van der Waals surface area contributed by atoms with Crippen LogP contribution < -0.4 is 21.3 Å². The van der Waals surface area contributed by atoms with Crippen molar-refractivity contribution in [1.82, 2.24) is 10.2 Å². The van der Waals surface area contributed by atoms with Crippen LogP contribution >= 0.6 is 34.8 Å². The number of rotatable bonds is 7. The SMILES string of the molecule is C[C@@H](Nc1cc(N2CCC(C(=O)N3CCC(CNC(N)=O)C3)CC2)ccc1Cl)c1ccc(Cl)cc1Cl. The molecule has 0 radical (unpaired) electrons. The molecule has 2 aromatic rings. The Morgan fingerprint density at radius 3 is 2.47 bits per heavy atom. The van der Waals surface area contributed by atoms with E-state index in [0.717, 1.165) is 55.8 Å². The van der Waals surface area contributed by atoms with E-state index in [9.17, 15) is 9.59 Å². The van der Waals surface area contributed by atoms with Gasteiger partial charge in [-0.3, -0.25) is 4.79 Å². The van der Waals surface area contributed by atoms with Gasteiger partial charge in [0.1, 0.15) is 0 Å². The van der Waals surface area contributed by atoms with Gasteiger partial charge in [-0.05, 0) is 68.0 Å². The van der Waals surface area contributed by atoms with E-state index in [1.807, 2.05) is 36.1 Å². The fourth-order valence-electron chi connectivity index (χ4n) is 5.07. The number of anilines is 2. The lowest BCUT2D eigenvalue weighted by atomic mass is 9.95. The Balaban J connectivity index is 1.33. The first-order chi connectivity index (χ1) is 17.2. The Bertz CT molecular complexity index is 1110. The lowest BCUT2D eigenvalue weighted by Gasteiger charge is -2.35. The molecule has 10 heteroatoms. The van der Waals surface area contributed by atoms with Crippen LogP contribution in [0.4, 0.5) is 16.2 Å². The minimum atomic E-state index is -0.518. The van der Waals surface area contributed by atoms with Crippen LogP contribution in [0.1, 0.15) is 37.8 Å². The Hall–Kier alpha value is -2.35. The van der Waals surface area contributed by atoms with Crippen LogP contribution in [0.25, 0.3) is 0 Å². The van der Waals surface area contributed by atoms with Gasteiger partial charge in [-0.15, -0.1) is 0 Å². The lowest BCUT2D eigenvalue weighted by molar-refractivity contribution is -0.135. The van der Waals surface area contributed by atoms with Crippen LogP contribution in [0.5, 0.6) is 0 Å². The molecule has 0 spiro atoms. The van der Waals surface area contributed by atoms with Crippen LogP contribution in [0.3, 0.4) is 0 Å². The van der Waals surface area contributed by atoms with Crippen LogP contribution in [0, 0.1) is 11.8 Å². The highest BCUT2D eigenvalue weighted by molar-refractivity contribution is 6.35. The molecule has 0 aliphatic carbocycles. The average Bonchev–Trinajstić information content (AvgIpc) is 3.33. The monoisotopic (exact) mass is 551 g/mol. The van der Waals surface area contributed by atoms with Crippen LogP contribution in [-0.2, 0) is 4.79 Å². The van der Waals surface area contributed by atoms with Crippen molar-refractivity contribution < 1.29 is 9.59 Å². The molecule has 2 saturated heterocycles. The third-order valence-corrected chi connectivity index (χ3v) is 8.01. The van der Waals surface area contributed by atoms with E-state index in [1.165, 1.54) is 0 Å². The van der Waals surface area contributed by atoms with Gasteiger partial charge >= 0.3 is 6.03 Å². The average molecular weight is 553 g/mol. The summed E-state index contributed by atoms with van der Waals surface area (Å²) in [6.07, 6.45) is 2.51. The molecule has 0 aromatic heterocycles. The number of hydrogen-bond donors (Lipinski definition) is 3. The Kier molecular flexibility index (Phi) is 8.75. The first-order valence-corrected chi connectivity index (χ1v) is 13.4. The number of carbonyl (C=O) groups is 2. The van der Waals surface area contributed by atoms with Gasteiger partial charge in [-0.25, -0.2) is 4.79 Å². The number of likely N-dealkylation sites (tertiary alicyclic amines) is 1. The second-order valence-corrected chi connectivity index (χ2v) is 10.9. The Morgan fingerprint density at radius 2 is 1.78 bits per heavy atom. The maximum absolute atomic E-state index is 13.1. The molecule has 3 amide bonds. The first kappa shape index (κ1) is 26.7. The predicted octanol–water partition coefficient (Wildman–Crippen LogP) is 5.55. The molecule has 4 N–H and O–H groups in total. The molecule has 4 rings (SSSR count). The fourth-order valence-corrected chi connectivity index (χ4v) is 5.82. The van der Waals surface area contributed by atoms with E-state index < -0.39 is 6.03 Å². The minimum Gasteiger partial charge on any atom is -0.377 e. The van der Waals surface area contributed by atoms with Gasteiger partial charge in [0.15, 0.2) is 0 Å². The lowest BCUT2D eigenvalue weighted by Crippen LogP contribution is -2.42. The molecule has 36 heavy (non-hydrogen) atoms. The van der Waals surface area contributed by atoms with E-state index in [2.05, 4.69) is 21.6 Å². The minimum absolute atomic E-state index is 0.0288. The van der Waals surface area contributed by atoms with Crippen molar-refractivity contribution in [3.8, 4) is 0 Å². The van der Waals surface area contributed by atoms with Gasteiger partial charge in [-0.2, -0.15) is 0 Å². The zero-order chi connectivity index (χ0) is 25.8. The molecule has 2 atom stereocenters. The van der Waals surface area contributed by atoms with E-state index in [-0.39, 0.29) is 23.8 Å². The highest BCUT2D eigenvalue weighted by Crippen LogP contribution is 2.34. The largest absolute Gasteiger partial charge is 0.377 e. The fraction of sp³-hybridized carbons (Fsp3) is 0.462. The number of primary amides is 1. The second-order valence-electron chi connectivity index (χ2n) is 9.64. The molecule has 2 aliphatic rings. The highest BCUT2D eigenvalue weighted by Gasteiger charge is 2.33. The van der Waals surface area contributed by atoms with Gasteiger partial charge in [0, 0.05) is 54.4 Å². The number of nitrogens with one attached hydrogen (secondary N) is 2. The Morgan fingerprint density at radius 1 is 1.03 bits per heavy atom. The zero-order valence-corrected chi connectivity index (χ0v) is 22.5. The van der Waals surface area contributed by atoms with Gasteiger partial charge < -0.3 is 26.2 Å². The number of urea groups is 1. The first-order valence-electron chi connectivity index (χ1n) is 12.3. The van der Waals surface area contributed by atoms with Gasteiger partial charge in [0.05, 0.1) is 16.8 Å². The molecule has 2 heterocycles. The smallest absolute Gasteiger partial charge is 0.312 e. The second kappa shape index (κ2) is 11.8. The molecule has 2 aromatic carbocycles. The number of hydrogen-bond acceptors (Lipinski definition) is 4. The van der Waals surface area contributed by atoms with Gasteiger partial charge in [0.2, 0.25) is 5.91 Å². The van der Waals surface area contributed by atoms with Crippen molar-refractivity contribution in [1.29, 1.82) is 0 Å². The molecule has 0 saturated carbocycles. The maximum Gasteiger partial charge on any atom is 0.312 e. The summed E-state index contributed by atoms with van der Waals surface area (Å²) < 4.78 is 0. The van der Waals surface area contributed by atoms with E-state index in [4.69, 9.17) is 40.5 Å². The van der Waals surface area contributed by atoms with Crippen molar-refractivity contribution in [3.63, 3.8) is 0 Å². The molecular weight excluding hydrogens is 521 g/mol. The predicted molar refractivity (Wildman–Crippen MR) is 147 cm³/mol. The molecule has 0 bridgehead atoms. The van der Waals surface area contributed by atoms with Gasteiger partial charge in [-0.1, -0.05) is 40.9 Å². The van der Waals surface area contributed by atoms with Crippen molar-refractivity contribution in [2.24, 2.45) is 17.6 Å². The van der Waals surface area contributed by atoms with Crippen molar-refractivity contribution in [2.75, 3.05) is 42.9 Å². The quantitative estimate of drug-likeness (QED) is 0.420. The number of piperidine rings is 1. The van der Waals surface area contributed by atoms with E-state index in [1.54, 1.807) is 6.07 Å². The number of nitrogens with zero attached hydrogens (tertiary/aromatic N) is 2.